The van der Waals surface area contributed by atoms with Gasteiger partial charge in [-0.25, -0.2) is 13.6 Å². The second kappa shape index (κ2) is 9.66. The van der Waals surface area contributed by atoms with Gasteiger partial charge in [-0.05, 0) is 40.3 Å². The van der Waals surface area contributed by atoms with Gasteiger partial charge in [-0.1, -0.05) is 11.8 Å². The van der Waals surface area contributed by atoms with Crippen LogP contribution in [0.3, 0.4) is 0 Å². The fraction of sp³-hybridized carbons (Fsp3) is 0.273. The van der Waals surface area contributed by atoms with E-state index < -0.39 is 12.0 Å². The van der Waals surface area contributed by atoms with Crippen LogP contribution in [-0.4, -0.2) is 59.9 Å². The Morgan fingerprint density at radius 2 is 2.03 bits per heavy atom. The highest BCUT2D eigenvalue weighted by atomic mass is 32.2. The van der Waals surface area contributed by atoms with Crippen LogP contribution in [0.15, 0.2) is 65.2 Å². The molecule has 35 heavy (non-hydrogen) atoms. The monoisotopic (exact) mass is 513 g/mol. The number of pyridine rings is 1. The first kappa shape index (κ1) is 23.3. The number of nitrogens with one attached hydrogen (secondary N) is 1. The largest absolute Gasteiger partial charge is 0.543 e. The number of tetrazole rings is 1. The number of benzene rings is 1. The van der Waals surface area contributed by atoms with E-state index in [1.807, 2.05) is 29.1 Å². The van der Waals surface area contributed by atoms with E-state index in [-0.39, 0.29) is 22.8 Å². The highest BCUT2D eigenvalue weighted by Crippen LogP contribution is 2.42. The van der Waals surface area contributed by atoms with E-state index in [0.29, 0.717) is 28.8 Å². The first-order chi connectivity index (χ1) is 16.9. The number of anilines is 1. The molecule has 13 heteroatoms. The molecule has 2 atom stereocenters. The lowest BCUT2D eigenvalue weighted by Crippen LogP contribution is -2.68. The van der Waals surface area contributed by atoms with Gasteiger partial charge in [0, 0.05) is 41.9 Å². The Labute approximate surface area is 208 Å². The number of halogens is 1. The number of aryl methyl sites for hydroxylation is 1. The number of carbonyl (C=O) groups is 2. The van der Waals surface area contributed by atoms with Gasteiger partial charge in [-0.3, -0.25) is 9.69 Å². The number of hydrogen-bond donors (Lipinski definition) is 1. The van der Waals surface area contributed by atoms with Crippen molar-refractivity contribution in [2.45, 2.75) is 23.1 Å². The Balaban J connectivity index is 1.24. The molecule has 4 heterocycles. The van der Waals surface area contributed by atoms with Gasteiger partial charge in [-0.2, -0.15) is 0 Å². The second-order valence-electron chi connectivity index (χ2n) is 8.03. The smallest absolute Gasteiger partial charge is 0.253 e. The number of aliphatic carboxylic acids is 1. The maximum atomic E-state index is 13.1. The number of carbonyl (C=O) groups excluding carboxylic acids is 2. The molecule has 2 aliphatic rings. The third-order valence-electron chi connectivity index (χ3n) is 5.69. The van der Waals surface area contributed by atoms with Gasteiger partial charge in [-0.15, -0.1) is 16.9 Å². The van der Waals surface area contributed by atoms with Gasteiger partial charge >= 0.3 is 0 Å². The minimum Gasteiger partial charge on any atom is -0.543 e. The molecule has 0 aliphatic carbocycles. The van der Waals surface area contributed by atoms with E-state index >= 15 is 0 Å². The summed E-state index contributed by atoms with van der Waals surface area (Å²) in [6.07, 6.45) is 3.73. The van der Waals surface area contributed by atoms with Crippen LogP contribution in [0.2, 0.25) is 0 Å². The fourth-order valence-electron chi connectivity index (χ4n) is 3.92. The molecule has 10 nitrogen and oxygen atoms in total. The SMILES string of the molecule is Cn1nnnc1SCC1=C(C(=O)[O-])N2C(=O)[C@@H](Nc3cc[n+](Cc4ccc(F)cc4)cc3)[C@H]2SC1. The first-order valence-electron chi connectivity index (χ1n) is 10.6. The van der Waals surface area contributed by atoms with Crippen LogP contribution in [0.4, 0.5) is 10.1 Å². The van der Waals surface area contributed by atoms with E-state index in [2.05, 4.69) is 20.8 Å². The van der Waals surface area contributed by atoms with E-state index in [1.165, 1.54) is 45.2 Å². The molecule has 0 saturated carbocycles. The standard InChI is InChI=1S/C22H20FN7O3S2/c1-28-22(25-26-27-28)35-12-14-11-34-20-17(19(31)30(20)18(14)21(32)33)24-16-6-8-29(9-7-16)10-13-2-4-15(23)5-3-13/h2-9,17,20H,10-12H2,1H3,(H,32,33)/t17-,20-/m1/s1. The first-order valence-corrected chi connectivity index (χ1v) is 12.7. The van der Waals surface area contributed by atoms with Crippen LogP contribution in [0.5, 0.6) is 0 Å². The predicted molar refractivity (Wildman–Crippen MR) is 124 cm³/mol. The number of rotatable bonds is 8. The van der Waals surface area contributed by atoms with Crippen LogP contribution in [-0.2, 0) is 23.2 Å². The van der Waals surface area contributed by atoms with Crippen LogP contribution >= 0.6 is 23.5 Å². The van der Waals surface area contributed by atoms with Crippen molar-refractivity contribution in [1.29, 1.82) is 0 Å². The van der Waals surface area contributed by atoms with Gasteiger partial charge in [0.1, 0.15) is 17.2 Å². The summed E-state index contributed by atoms with van der Waals surface area (Å²) in [4.78, 5) is 26.2. The Morgan fingerprint density at radius 3 is 2.69 bits per heavy atom. The molecule has 2 aromatic heterocycles. The minimum atomic E-state index is -1.37. The molecule has 0 unspecified atom stereocenters. The molecule has 1 amide bonds. The number of β-lactam (4-membered cyclic amide) rings is 1. The highest BCUT2D eigenvalue weighted by molar-refractivity contribution is 8.01. The Morgan fingerprint density at radius 1 is 1.29 bits per heavy atom. The van der Waals surface area contributed by atoms with E-state index in [1.54, 1.807) is 19.2 Å². The molecule has 1 aromatic carbocycles. The number of amides is 1. The zero-order chi connectivity index (χ0) is 24.5. The third-order valence-corrected chi connectivity index (χ3v) is 8.13. The topological polar surface area (TPSA) is 120 Å². The minimum absolute atomic E-state index is 0.0652. The van der Waals surface area contributed by atoms with Crippen LogP contribution in [0.1, 0.15) is 5.56 Å². The summed E-state index contributed by atoms with van der Waals surface area (Å²) in [7, 11) is 1.70. The predicted octanol–water partition coefficient (Wildman–Crippen LogP) is 0.177. The summed E-state index contributed by atoms with van der Waals surface area (Å²) < 4.78 is 16.5. The number of hydrogen-bond acceptors (Lipinski definition) is 9. The average molecular weight is 514 g/mol. The number of fused-ring (bicyclic) bond motifs is 1. The van der Waals surface area contributed by atoms with E-state index in [0.717, 1.165) is 11.3 Å². The molecular formula is C22H20FN7O3S2. The second-order valence-corrected chi connectivity index (χ2v) is 10.1. The third kappa shape index (κ3) is 4.73. The van der Waals surface area contributed by atoms with Gasteiger partial charge in [0.25, 0.3) is 5.91 Å². The summed E-state index contributed by atoms with van der Waals surface area (Å²) in [5.41, 5.74) is 2.25. The summed E-state index contributed by atoms with van der Waals surface area (Å²) in [5, 5.41) is 26.6. The average Bonchev–Trinajstić information content (AvgIpc) is 3.27. The van der Waals surface area contributed by atoms with Crippen LogP contribution in [0.25, 0.3) is 0 Å². The maximum Gasteiger partial charge on any atom is 0.253 e. The van der Waals surface area contributed by atoms with Crippen molar-refractivity contribution in [3.8, 4) is 0 Å². The van der Waals surface area contributed by atoms with Crippen molar-refractivity contribution < 1.29 is 23.7 Å². The fourth-order valence-corrected chi connectivity index (χ4v) is 6.25. The molecule has 1 saturated heterocycles. The van der Waals surface area contributed by atoms with Crippen molar-refractivity contribution in [1.82, 2.24) is 25.1 Å². The van der Waals surface area contributed by atoms with E-state index in [9.17, 15) is 19.1 Å². The quantitative estimate of drug-likeness (QED) is 0.255. The molecule has 0 spiro atoms. The van der Waals surface area contributed by atoms with Crippen molar-refractivity contribution in [2.75, 3.05) is 16.8 Å². The molecule has 5 rings (SSSR count). The highest BCUT2D eigenvalue weighted by Gasteiger charge is 2.52. The zero-order valence-electron chi connectivity index (χ0n) is 18.5. The summed E-state index contributed by atoms with van der Waals surface area (Å²) in [5.74, 6) is -1.15. The van der Waals surface area contributed by atoms with Gasteiger partial charge in [0.2, 0.25) is 5.16 Å². The van der Waals surface area contributed by atoms with Crippen molar-refractivity contribution in [3.05, 3.63) is 71.4 Å². The zero-order valence-corrected chi connectivity index (χ0v) is 20.1. The maximum absolute atomic E-state index is 13.1. The number of nitrogens with zero attached hydrogens (tertiary/aromatic N) is 6. The van der Waals surface area contributed by atoms with Crippen LogP contribution < -0.4 is 15.0 Å². The number of aromatic nitrogens is 5. The molecule has 0 radical (unpaired) electrons. The molecule has 3 aromatic rings. The molecular weight excluding hydrogens is 493 g/mol. The van der Waals surface area contributed by atoms with Crippen molar-refractivity contribution in [2.24, 2.45) is 7.05 Å². The lowest BCUT2D eigenvalue weighted by atomic mass is 10.0. The lowest BCUT2D eigenvalue weighted by molar-refractivity contribution is -0.688. The number of carboxylic acids is 1. The molecule has 2 aliphatic heterocycles. The van der Waals surface area contributed by atoms with Gasteiger partial charge < -0.3 is 15.2 Å². The van der Waals surface area contributed by atoms with Gasteiger partial charge in [0.05, 0.1) is 11.7 Å². The lowest BCUT2D eigenvalue weighted by Gasteiger charge is -2.51. The van der Waals surface area contributed by atoms with Crippen LogP contribution in [0, 0.1) is 5.82 Å². The van der Waals surface area contributed by atoms with Crippen molar-refractivity contribution >= 4 is 41.1 Å². The summed E-state index contributed by atoms with van der Waals surface area (Å²) in [6.45, 7) is 0.583. The molecule has 180 valence electrons. The van der Waals surface area contributed by atoms with Crippen molar-refractivity contribution in [3.63, 3.8) is 0 Å². The molecule has 0 bridgehead atoms. The number of carboxylic acid groups (broad SMARTS) is 1. The molecule has 1 fully saturated rings. The summed E-state index contributed by atoms with van der Waals surface area (Å²) >= 11 is 2.81. The summed E-state index contributed by atoms with van der Waals surface area (Å²) in [6, 6.07) is 9.46. The van der Waals surface area contributed by atoms with Gasteiger partial charge in [0.15, 0.2) is 18.9 Å². The normalized spacial score (nSPS) is 19.4. The Hall–Kier alpha value is -3.45. The Bertz CT molecular complexity index is 1300. The van der Waals surface area contributed by atoms with E-state index in [4.69, 9.17) is 0 Å². The number of thioether (sulfide) groups is 2. The molecule has 1 N–H and O–H groups in total. The Kier molecular flexibility index (Phi) is 6.43.